The number of amides is 1. The van der Waals surface area contributed by atoms with Crippen molar-refractivity contribution in [1.82, 2.24) is 9.78 Å². The van der Waals surface area contributed by atoms with E-state index in [0.29, 0.717) is 15.6 Å². The maximum Gasteiger partial charge on any atom is 0.251 e. The highest BCUT2D eigenvalue weighted by Crippen LogP contribution is 2.20. The number of benzene rings is 1. The van der Waals surface area contributed by atoms with E-state index >= 15 is 0 Å². The fourth-order valence-corrected chi connectivity index (χ4v) is 1.89. The third kappa shape index (κ3) is 2.52. The molecule has 0 atom stereocenters. The molecule has 1 heterocycles. The minimum Gasteiger partial charge on any atom is -0.366 e. The predicted molar refractivity (Wildman–Crippen MR) is 63.9 cm³/mol. The summed E-state index contributed by atoms with van der Waals surface area (Å²) in [6, 6.07) is 4.73. The summed E-state index contributed by atoms with van der Waals surface area (Å²) in [6.45, 7) is 0.237. The highest BCUT2D eigenvalue weighted by atomic mass is 79.9. The van der Waals surface area contributed by atoms with Gasteiger partial charge in [-0.05, 0) is 12.1 Å². The zero-order valence-electron chi connectivity index (χ0n) is 8.73. The Kier molecular flexibility index (Phi) is 3.23. The Morgan fingerprint density at radius 1 is 1.53 bits per heavy atom. The molecular weight excluding hydrogens is 289 g/mol. The predicted octanol–water partition coefficient (Wildman–Crippen LogP) is 1.93. The van der Waals surface area contributed by atoms with E-state index in [0.717, 1.165) is 0 Å². The molecule has 0 radical (unpaired) electrons. The van der Waals surface area contributed by atoms with Crippen molar-refractivity contribution in [2.75, 3.05) is 0 Å². The van der Waals surface area contributed by atoms with Gasteiger partial charge >= 0.3 is 0 Å². The molecule has 2 aromatic rings. The maximum absolute atomic E-state index is 13.5. The van der Waals surface area contributed by atoms with Crippen LogP contribution in [0.3, 0.4) is 0 Å². The molecular formula is C11H9BrFN3O. The number of primary amides is 1. The van der Waals surface area contributed by atoms with Gasteiger partial charge in [-0.3, -0.25) is 9.48 Å². The van der Waals surface area contributed by atoms with Crippen molar-refractivity contribution < 1.29 is 9.18 Å². The third-order valence-electron chi connectivity index (χ3n) is 2.30. The largest absolute Gasteiger partial charge is 0.366 e. The fourth-order valence-electron chi connectivity index (χ4n) is 1.42. The van der Waals surface area contributed by atoms with Gasteiger partial charge < -0.3 is 5.73 Å². The van der Waals surface area contributed by atoms with E-state index in [1.807, 2.05) is 0 Å². The van der Waals surface area contributed by atoms with Crippen LogP contribution in [-0.2, 0) is 6.54 Å². The zero-order valence-corrected chi connectivity index (χ0v) is 10.3. The molecule has 0 saturated carbocycles. The number of halogens is 2. The van der Waals surface area contributed by atoms with Gasteiger partial charge in [-0.15, -0.1) is 0 Å². The van der Waals surface area contributed by atoms with Crippen LogP contribution in [0.5, 0.6) is 0 Å². The van der Waals surface area contributed by atoms with Crippen LogP contribution in [-0.4, -0.2) is 15.7 Å². The summed E-state index contributed by atoms with van der Waals surface area (Å²) in [6.07, 6.45) is 2.85. The van der Waals surface area contributed by atoms with Gasteiger partial charge in [0.2, 0.25) is 0 Å². The molecule has 0 spiro atoms. The van der Waals surface area contributed by atoms with Crippen molar-refractivity contribution in [1.29, 1.82) is 0 Å². The molecule has 1 aromatic carbocycles. The first kappa shape index (κ1) is 11.8. The number of carbonyl (C=O) groups is 1. The number of nitrogens with zero attached hydrogens (tertiary/aromatic N) is 2. The van der Waals surface area contributed by atoms with E-state index in [9.17, 15) is 9.18 Å². The molecule has 2 rings (SSSR count). The van der Waals surface area contributed by atoms with E-state index in [2.05, 4.69) is 21.0 Å². The second-order valence-electron chi connectivity index (χ2n) is 3.49. The quantitative estimate of drug-likeness (QED) is 0.941. The summed E-state index contributed by atoms with van der Waals surface area (Å²) in [4.78, 5) is 10.9. The van der Waals surface area contributed by atoms with E-state index in [1.54, 1.807) is 12.1 Å². The normalized spacial score (nSPS) is 10.5. The highest BCUT2D eigenvalue weighted by molar-refractivity contribution is 9.10. The SMILES string of the molecule is NC(=O)c1cnn(Cc2c(F)cccc2Br)c1. The van der Waals surface area contributed by atoms with Gasteiger partial charge in [-0.25, -0.2) is 4.39 Å². The van der Waals surface area contributed by atoms with Crippen molar-refractivity contribution in [2.24, 2.45) is 5.73 Å². The summed E-state index contributed by atoms with van der Waals surface area (Å²) in [5.74, 6) is -0.876. The molecule has 0 unspecified atom stereocenters. The van der Waals surface area contributed by atoms with Gasteiger partial charge in [-0.2, -0.15) is 5.10 Å². The minimum atomic E-state index is -0.552. The lowest BCUT2D eigenvalue weighted by Gasteiger charge is -2.05. The zero-order chi connectivity index (χ0) is 12.4. The highest BCUT2D eigenvalue weighted by Gasteiger charge is 2.09. The van der Waals surface area contributed by atoms with Crippen LogP contribution in [0.1, 0.15) is 15.9 Å². The Hall–Kier alpha value is -1.69. The summed E-state index contributed by atoms with van der Waals surface area (Å²) >= 11 is 3.27. The number of hydrogen-bond acceptors (Lipinski definition) is 2. The van der Waals surface area contributed by atoms with Gasteiger partial charge in [0, 0.05) is 16.2 Å². The van der Waals surface area contributed by atoms with E-state index in [4.69, 9.17) is 5.73 Å². The van der Waals surface area contributed by atoms with Crippen molar-refractivity contribution in [3.05, 3.63) is 52.0 Å². The first-order chi connectivity index (χ1) is 8.08. The molecule has 1 amide bonds. The number of carbonyl (C=O) groups excluding carboxylic acids is 1. The van der Waals surface area contributed by atoms with Crippen LogP contribution in [0.15, 0.2) is 35.1 Å². The molecule has 0 aliphatic heterocycles. The summed E-state index contributed by atoms with van der Waals surface area (Å²) in [5.41, 5.74) is 5.89. The van der Waals surface area contributed by atoms with Crippen molar-refractivity contribution in [2.45, 2.75) is 6.54 Å². The van der Waals surface area contributed by atoms with Crippen molar-refractivity contribution in [3.63, 3.8) is 0 Å². The van der Waals surface area contributed by atoms with Gasteiger partial charge in [0.05, 0.1) is 18.3 Å². The van der Waals surface area contributed by atoms with E-state index in [-0.39, 0.29) is 12.4 Å². The molecule has 88 valence electrons. The number of rotatable bonds is 3. The van der Waals surface area contributed by atoms with Crippen LogP contribution >= 0.6 is 15.9 Å². The molecule has 0 aliphatic carbocycles. The third-order valence-corrected chi connectivity index (χ3v) is 3.04. The van der Waals surface area contributed by atoms with E-state index < -0.39 is 5.91 Å². The Morgan fingerprint density at radius 3 is 2.88 bits per heavy atom. The Morgan fingerprint density at radius 2 is 2.29 bits per heavy atom. The minimum absolute atomic E-state index is 0.237. The molecule has 0 saturated heterocycles. The number of hydrogen-bond donors (Lipinski definition) is 1. The first-order valence-corrected chi connectivity index (χ1v) is 5.62. The maximum atomic E-state index is 13.5. The van der Waals surface area contributed by atoms with Crippen LogP contribution in [0.25, 0.3) is 0 Å². The van der Waals surface area contributed by atoms with Gasteiger partial charge in [0.1, 0.15) is 5.82 Å². The van der Waals surface area contributed by atoms with Crippen LogP contribution in [0, 0.1) is 5.82 Å². The van der Waals surface area contributed by atoms with Crippen molar-refractivity contribution in [3.8, 4) is 0 Å². The molecule has 0 fully saturated rings. The first-order valence-electron chi connectivity index (χ1n) is 4.83. The molecule has 2 N–H and O–H groups in total. The Bertz CT molecular complexity index is 547. The summed E-state index contributed by atoms with van der Waals surface area (Å²) < 4.78 is 15.7. The lowest BCUT2D eigenvalue weighted by molar-refractivity contribution is 0.1000. The van der Waals surface area contributed by atoms with Crippen LogP contribution in [0.4, 0.5) is 4.39 Å². The lowest BCUT2D eigenvalue weighted by atomic mass is 10.2. The van der Waals surface area contributed by atoms with E-state index in [1.165, 1.54) is 23.1 Å². The van der Waals surface area contributed by atoms with Crippen LogP contribution < -0.4 is 5.73 Å². The molecule has 17 heavy (non-hydrogen) atoms. The Balaban J connectivity index is 2.28. The second kappa shape index (κ2) is 4.67. The summed E-state index contributed by atoms with van der Waals surface area (Å²) in [5, 5.41) is 3.94. The average Bonchev–Trinajstić information content (AvgIpc) is 2.72. The molecule has 1 aromatic heterocycles. The molecule has 6 heteroatoms. The average molecular weight is 298 g/mol. The molecule has 4 nitrogen and oxygen atoms in total. The Labute approximate surface area is 105 Å². The fraction of sp³-hybridized carbons (Fsp3) is 0.0909. The summed E-state index contributed by atoms with van der Waals surface area (Å²) in [7, 11) is 0. The number of aromatic nitrogens is 2. The van der Waals surface area contributed by atoms with Crippen LogP contribution in [0.2, 0.25) is 0 Å². The topological polar surface area (TPSA) is 60.9 Å². The van der Waals surface area contributed by atoms with Gasteiger partial charge in [-0.1, -0.05) is 22.0 Å². The van der Waals surface area contributed by atoms with Crippen molar-refractivity contribution >= 4 is 21.8 Å². The standard InChI is InChI=1S/C11H9BrFN3O/c12-9-2-1-3-10(13)8(9)6-16-5-7(4-15-16)11(14)17/h1-5H,6H2,(H2,14,17). The molecule has 0 aliphatic rings. The smallest absolute Gasteiger partial charge is 0.251 e. The number of nitrogens with two attached hydrogens (primary N) is 1. The monoisotopic (exact) mass is 297 g/mol. The van der Waals surface area contributed by atoms with Gasteiger partial charge in [0.25, 0.3) is 5.91 Å². The molecule has 0 bridgehead atoms. The van der Waals surface area contributed by atoms with Gasteiger partial charge in [0.15, 0.2) is 0 Å². The second-order valence-corrected chi connectivity index (χ2v) is 4.35. The lowest BCUT2D eigenvalue weighted by Crippen LogP contribution is -2.10.